The fourth-order valence-corrected chi connectivity index (χ4v) is 1.68. The van der Waals surface area contributed by atoms with Crippen LogP contribution in [-0.4, -0.2) is 37.2 Å². The van der Waals surface area contributed by atoms with E-state index < -0.39 is 17.9 Å². The van der Waals surface area contributed by atoms with Crippen LogP contribution in [0.3, 0.4) is 0 Å². The van der Waals surface area contributed by atoms with Crippen molar-refractivity contribution >= 4 is 11.9 Å². The number of rotatable bonds is 6. The lowest BCUT2D eigenvalue weighted by atomic mass is 10.0. The lowest BCUT2D eigenvalue weighted by molar-refractivity contribution is -0.140. The van der Waals surface area contributed by atoms with Crippen molar-refractivity contribution in [2.75, 3.05) is 14.2 Å². The third-order valence-corrected chi connectivity index (χ3v) is 2.83. The summed E-state index contributed by atoms with van der Waals surface area (Å²) in [6.07, 6.45) is 0. The second kappa shape index (κ2) is 6.79. The normalized spacial score (nSPS) is 11.8. The van der Waals surface area contributed by atoms with E-state index in [-0.39, 0.29) is 11.5 Å². The molecular weight excluding hydrogens is 262 g/mol. The minimum Gasteiger partial charge on any atom is -0.497 e. The summed E-state index contributed by atoms with van der Waals surface area (Å²) in [5, 5.41) is 11.6. The summed E-state index contributed by atoms with van der Waals surface area (Å²) in [4.78, 5) is 23.2. The number of benzene rings is 1. The summed E-state index contributed by atoms with van der Waals surface area (Å²) < 4.78 is 10.1. The number of nitrogens with one attached hydrogen (secondary N) is 1. The van der Waals surface area contributed by atoms with Crippen LogP contribution in [0.1, 0.15) is 24.2 Å². The summed E-state index contributed by atoms with van der Waals surface area (Å²) in [6, 6.07) is 3.74. The van der Waals surface area contributed by atoms with Crippen LogP contribution in [0.4, 0.5) is 0 Å². The number of methoxy groups -OCH3 is 2. The summed E-state index contributed by atoms with van der Waals surface area (Å²) in [5.41, 5.74) is 0.285. The Hall–Kier alpha value is -2.24. The Morgan fingerprint density at radius 1 is 1.10 bits per heavy atom. The molecule has 0 bridgehead atoms. The van der Waals surface area contributed by atoms with E-state index in [2.05, 4.69) is 5.32 Å². The minimum absolute atomic E-state index is 0.219. The molecule has 6 heteroatoms. The maximum Gasteiger partial charge on any atom is 0.326 e. The second-order valence-corrected chi connectivity index (χ2v) is 4.63. The lowest BCUT2D eigenvalue weighted by Crippen LogP contribution is -2.44. The Bertz CT molecular complexity index is 476. The molecule has 1 aromatic rings. The molecule has 0 aliphatic carbocycles. The van der Waals surface area contributed by atoms with Crippen LogP contribution in [0.2, 0.25) is 0 Å². The van der Waals surface area contributed by atoms with E-state index >= 15 is 0 Å². The maximum absolute atomic E-state index is 12.1. The molecule has 0 saturated heterocycles. The van der Waals surface area contributed by atoms with Gasteiger partial charge in [-0.15, -0.1) is 0 Å². The Labute approximate surface area is 117 Å². The van der Waals surface area contributed by atoms with Crippen molar-refractivity contribution in [1.29, 1.82) is 0 Å². The van der Waals surface area contributed by atoms with Gasteiger partial charge >= 0.3 is 5.97 Å². The van der Waals surface area contributed by atoms with E-state index in [4.69, 9.17) is 14.6 Å². The maximum atomic E-state index is 12.1. The smallest absolute Gasteiger partial charge is 0.326 e. The van der Waals surface area contributed by atoms with E-state index in [1.54, 1.807) is 19.9 Å². The van der Waals surface area contributed by atoms with Gasteiger partial charge in [0.05, 0.1) is 14.2 Å². The third-order valence-electron chi connectivity index (χ3n) is 2.83. The van der Waals surface area contributed by atoms with Crippen molar-refractivity contribution < 1.29 is 24.2 Å². The molecular formula is C14H19NO5. The fourth-order valence-electron chi connectivity index (χ4n) is 1.68. The molecule has 0 saturated carbocycles. The molecule has 0 aliphatic rings. The number of carbonyl (C=O) groups is 2. The van der Waals surface area contributed by atoms with Gasteiger partial charge in [-0.3, -0.25) is 4.79 Å². The SMILES string of the molecule is COc1cc(OC)cc(C(=O)N[C@H](C(=O)O)C(C)C)c1. The molecule has 0 spiro atoms. The molecule has 1 atom stereocenters. The summed E-state index contributed by atoms with van der Waals surface area (Å²) in [7, 11) is 2.95. The molecule has 1 aromatic carbocycles. The van der Waals surface area contributed by atoms with Gasteiger partial charge in [-0.25, -0.2) is 4.79 Å². The first-order valence-corrected chi connectivity index (χ1v) is 6.15. The number of carboxylic acid groups (broad SMARTS) is 1. The van der Waals surface area contributed by atoms with Crippen LogP contribution >= 0.6 is 0 Å². The molecule has 0 fully saturated rings. The van der Waals surface area contributed by atoms with Crippen molar-refractivity contribution in [2.45, 2.75) is 19.9 Å². The number of carbonyl (C=O) groups excluding carboxylic acids is 1. The fraction of sp³-hybridized carbons (Fsp3) is 0.429. The lowest BCUT2D eigenvalue weighted by Gasteiger charge is -2.18. The average Bonchev–Trinajstić information content (AvgIpc) is 2.42. The monoisotopic (exact) mass is 281 g/mol. The quantitative estimate of drug-likeness (QED) is 0.826. The molecule has 0 radical (unpaired) electrons. The van der Waals surface area contributed by atoms with Crippen molar-refractivity contribution in [2.24, 2.45) is 5.92 Å². The molecule has 20 heavy (non-hydrogen) atoms. The highest BCUT2D eigenvalue weighted by atomic mass is 16.5. The zero-order valence-corrected chi connectivity index (χ0v) is 12.0. The van der Waals surface area contributed by atoms with Gasteiger partial charge in [-0.1, -0.05) is 13.8 Å². The van der Waals surface area contributed by atoms with Gasteiger partial charge in [0.1, 0.15) is 17.5 Å². The average molecular weight is 281 g/mol. The first kappa shape index (κ1) is 15.8. The predicted molar refractivity (Wildman–Crippen MR) is 73.3 cm³/mol. The summed E-state index contributed by atoms with van der Waals surface area (Å²) in [6.45, 7) is 3.45. The zero-order valence-electron chi connectivity index (χ0n) is 12.0. The van der Waals surface area contributed by atoms with Gasteiger partial charge in [0.2, 0.25) is 0 Å². The van der Waals surface area contributed by atoms with Gasteiger partial charge in [0, 0.05) is 11.6 Å². The molecule has 0 unspecified atom stereocenters. The first-order chi connectivity index (χ1) is 9.38. The van der Waals surface area contributed by atoms with Gasteiger partial charge in [0.25, 0.3) is 5.91 Å². The Kier molecular flexibility index (Phi) is 5.37. The number of carboxylic acids is 1. The number of hydrogen-bond donors (Lipinski definition) is 2. The van der Waals surface area contributed by atoms with E-state index in [1.807, 2.05) is 0 Å². The van der Waals surface area contributed by atoms with Gasteiger partial charge < -0.3 is 19.9 Å². The summed E-state index contributed by atoms with van der Waals surface area (Å²) in [5.74, 6) is -0.840. The Balaban J connectivity index is 2.99. The van der Waals surface area contributed by atoms with Crippen molar-refractivity contribution in [3.05, 3.63) is 23.8 Å². The second-order valence-electron chi connectivity index (χ2n) is 4.63. The van der Waals surface area contributed by atoms with Crippen LogP contribution in [0.25, 0.3) is 0 Å². The molecule has 1 amide bonds. The first-order valence-electron chi connectivity index (χ1n) is 6.15. The summed E-state index contributed by atoms with van der Waals surface area (Å²) >= 11 is 0. The molecule has 0 heterocycles. The van der Waals surface area contributed by atoms with Crippen molar-refractivity contribution in [3.63, 3.8) is 0 Å². The predicted octanol–water partition coefficient (Wildman–Crippen LogP) is 1.54. The van der Waals surface area contributed by atoms with E-state index in [0.717, 1.165) is 0 Å². The zero-order chi connectivity index (χ0) is 15.3. The number of ether oxygens (including phenoxy) is 2. The molecule has 2 N–H and O–H groups in total. The van der Waals surface area contributed by atoms with Crippen LogP contribution in [-0.2, 0) is 4.79 Å². The van der Waals surface area contributed by atoms with Crippen LogP contribution in [0.15, 0.2) is 18.2 Å². The molecule has 6 nitrogen and oxygen atoms in total. The highest BCUT2D eigenvalue weighted by Crippen LogP contribution is 2.22. The third kappa shape index (κ3) is 3.88. The molecule has 0 aliphatic heterocycles. The van der Waals surface area contributed by atoms with E-state index in [0.29, 0.717) is 11.5 Å². The number of hydrogen-bond acceptors (Lipinski definition) is 4. The van der Waals surface area contributed by atoms with Crippen molar-refractivity contribution in [1.82, 2.24) is 5.32 Å². The molecule has 110 valence electrons. The van der Waals surface area contributed by atoms with Gasteiger partial charge in [-0.05, 0) is 18.1 Å². The topological polar surface area (TPSA) is 84.9 Å². The van der Waals surface area contributed by atoms with E-state index in [9.17, 15) is 9.59 Å². The Morgan fingerprint density at radius 2 is 1.60 bits per heavy atom. The van der Waals surface area contributed by atoms with Crippen molar-refractivity contribution in [3.8, 4) is 11.5 Å². The van der Waals surface area contributed by atoms with Gasteiger partial charge in [-0.2, -0.15) is 0 Å². The van der Waals surface area contributed by atoms with E-state index in [1.165, 1.54) is 26.4 Å². The van der Waals surface area contributed by atoms with Crippen LogP contribution in [0, 0.1) is 5.92 Å². The van der Waals surface area contributed by atoms with Crippen LogP contribution in [0.5, 0.6) is 11.5 Å². The van der Waals surface area contributed by atoms with Gasteiger partial charge in [0.15, 0.2) is 0 Å². The highest BCUT2D eigenvalue weighted by molar-refractivity contribution is 5.97. The number of aliphatic carboxylic acids is 1. The highest BCUT2D eigenvalue weighted by Gasteiger charge is 2.24. The molecule has 0 aromatic heterocycles. The van der Waals surface area contributed by atoms with Crippen LogP contribution < -0.4 is 14.8 Å². The standard InChI is InChI=1S/C14H19NO5/c1-8(2)12(14(17)18)15-13(16)9-5-10(19-3)7-11(6-9)20-4/h5-8,12H,1-4H3,(H,15,16)(H,17,18)/t12-/m0/s1. The molecule has 1 rings (SSSR count). The Morgan fingerprint density at radius 3 is 1.95 bits per heavy atom. The largest absolute Gasteiger partial charge is 0.497 e. The number of amides is 1. The minimum atomic E-state index is -1.07.